The van der Waals surface area contributed by atoms with E-state index in [2.05, 4.69) is 22.0 Å². The van der Waals surface area contributed by atoms with Gasteiger partial charge in [-0.05, 0) is 25.0 Å². The van der Waals surface area contributed by atoms with E-state index in [-0.39, 0.29) is 0 Å². The van der Waals surface area contributed by atoms with Crippen molar-refractivity contribution in [2.45, 2.75) is 24.3 Å². The number of thioether (sulfide) groups is 1. The highest BCUT2D eigenvalue weighted by molar-refractivity contribution is 8.13. The Kier molecular flexibility index (Phi) is 2.97. The Balaban J connectivity index is 1.86. The Bertz CT molecular complexity index is 453. The summed E-state index contributed by atoms with van der Waals surface area (Å²) in [5.74, 6) is 0.958. The van der Waals surface area contributed by atoms with Crippen molar-refractivity contribution in [3.8, 4) is 5.75 Å². The van der Waals surface area contributed by atoms with Gasteiger partial charge in [-0.3, -0.25) is 4.99 Å². The fourth-order valence-electron chi connectivity index (χ4n) is 2.34. The van der Waals surface area contributed by atoms with Crippen molar-refractivity contribution in [2.75, 3.05) is 20.2 Å². The fraction of sp³-hybridized carbons (Fsp3) is 0.462. The zero-order chi connectivity index (χ0) is 11.7. The van der Waals surface area contributed by atoms with E-state index in [1.807, 2.05) is 6.07 Å². The Morgan fingerprint density at radius 1 is 1.29 bits per heavy atom. The van der Waals surface area contributed by atoms with Gasteiger partial charge >= 0.3 is 0 Å². The minimum Gasteiger partial charge on any atom is -0.496 e. The minimum atomic E-state index is 0.748. The van der Waals surface area contributed by atoms with E-state index in [1.165, 1.54) is 28.5 Å². The molecule has 2 aliphatic rings. The molecule has 0 amide bonds. The molecule has 0 bridgehead atoms. The maximum atomic E-state index is 5.38. The van der Waals surface area contributed by atoms with E-state index in [0.29, 0.717) is 0 Å². The number of likely N-dealkylation sites (tertiary alicyclic amines) is 1. The molecule has 90 valence electrons. The van der Waals surface area contributed by atoms with Crippen molar-refractivity contribution in [1.29, 1.82) is 0 Å². The molecule has 0 aromatic heterocycles. The van der Waals surface area contributed by atoms with Gasteiger partial charge in [-0.2, -0.15) is 0 Å². The van der Waals surface area contributed by atoms with Crippen LogP contribution in [-0.4, -0.2) is 30.3 Å². The molecule has 1 fully saturated rings. The Labute approximate surface area is 106 Å². The van der Waals surface area contributed by atoms with Crippen LogP contribution in [0.2, 0.25) is 0 Å². The van der Waals surface area contributed by atoms with Gasteiger partial charge in [0.15, 0.2) is 5.17 Å². The van der Waals surface area contributed by atoms with Gasteiger partial charge in [-0.15, -0.1) is 0 Å². The van der Waals surface area contributed by atoms with Crippen LogP contribution in [0.3, 0.4) is 0 Å². The van der Waals surface area contributed by atoms with Crippen molar-refractivity contribution in [3.05, 3.63) is 23.8 Å². The molecule has 1 saturated heterocycles. The maximum Gasteiger partial charge on any atom is 0.164 e. The number of aliphatic imine (C=N–C) groups is 1. The van der Waals surface area contributed by atoms with Crippen LogP contribution in [0.4, 0.5) is 0 Å². The summed E-state index contributed by atoms with van der Waals surface area (Å²) in [5.41, 5.74) is 1.22. The second-order valence-corrected chi connectivity index (χ2v) is 5.34. The molecule has 1 aromatic rings. The third-order valence-electron chi connectivity index (χ3n) is 3.26. The summed E-state index contributed by atoms with van der Waals surface area (Å²) in [6.07, 6.45) is 2.59. The third kappa shape index (κ3) is 2.02. The molecule has 3 rings (SSSR count). The van der Waals surface area contributed by atoms with Gasteiger partial charge in [0.25, 0.3) is 0 Å². The monoisotopic (exact) mass is 248 g/mol. The zero-order valence-electron chi connectivity index (χ0n) is 9.98. The zero-order valence-corrected chi connectivity index (χ0v) is 10.8. The molecule has 0 spiro atoms. The van der Waals surface area contributed by atoms with Gasteiger partial charge in [-0.1, -0.05) is 17.8 Å². The minimum absolute atomic E-state index is 0.748. The van der Waals surface area contributed by atoms with Crippen LogP contribution in [0.15, 0.2) is 28.1 Å². The lowest BCUT2D eigenvalue weighted by Crippen LogP contribution is -2.26. The van der Waals surface area contributed by atoms with Gasteiger partial charge in [0.1, 0.15) is 5.75 Å². The summed E-state index contributed by atoms with van der Waals surface area (Å²) in [6, 6.07) is 6.22. The Morgan fingerprint density at radius 3 is 2.88 bits per heavy atom. The van der Waals surface area contributed by atoms with E-state index in [9.17, 15) is 0 Å². The number of nitrogens with zero attached hydrogens (tertiary/aromatic N) is 2. The molecule has 0 saturated carbocycles. The molecular formula is C13H16N2OS. The highest BCUT2D eigenvalue weighted by atomic mass is 32.2. The van der Waals surface area contributed by atoms with Crippen LogP contribution in [-0.2, 0) is 6.54 Å². The summed E-state index contributed by atoms with van der Waals surface area (Å²) in [5, 5.41) is 1.18. The number of fused-ring (bicyclic) bond motifs is 1. The smallest absolute Gasteiger partial charge is 0.164 e. The van der Waals surface area contributed by atoms with Crippen LogP contribution < -0.4 is 4.74 Å². The van der Waals surface area contributed by atoms with E-state index in [1.54, 1.807) is 18.9 Å². The van der Waals surface area contributed by atoms with Crippen LogP contribution in [0.5, 0.6) is 5.75 Å². The molecule has 0 atom stereocenters. The van der Waals surface area contributed by atoms with Crippen molar-refractivity contribution in [2.24, 2.45) is 4.99 Å². The quantitative estimate of drug-likeness (QED) is 0.764. The largest absolute Gasteiger partial charge is 0.496 e. The molecule has 0 radical (unpaired) electrons. The van der Waals surface area contributed by atoms with Crippen LogP contribution in [0, 0.1) is 0 Å². The molecule has 0 unspecified atom stereocenters. The van der Waals surface area contributed by atoms with Crippen molar-refractivity contribution >= 4 is 16.9 Å². The number of rotatable bonds is 1. The number of hydrogen-bond acceptors (Lipinski definition) is 4. The van der Waals surface area contributed by atoms with Gasteiger partial charge < -0.3 is 9.64 Å². The lowest BCUT2D eigenvalue weighted by atomic mass is 10.2. The summed E-state index contributed by atoms with van der Waals surface area (Å²) < 4.78 is 5.38. The van der Waals surface area contributed by atoms with Crippen molar-refractivity contribution in [1.82, 2.24) is 4.90 Å². The first-order chi connectivity index (χ1) is 8.38. The molecule has 0 aliphatic carbocycles. The first kappa shape index (κ1) is 11.0. The van der Waals surface area contributed by atoms with Crippen molar-refractivity contribution in [3.63, 3.8) is 0 Å². The van der Waals surface area contributed by atoms with Gasteiger partial charge in [0.2, 0.25) is 0 Å². The van der Waals surface area contributed by atoms with Crippen LogP contribution in [0.1, 0.15) is 18.4 Å². The first-order valence-electron chi connectivity index (χ1n) is 6.01. The topological polar surface area (TPSA) is 24.8 Å². The third-order valence-corrected chi connectivity index (χ3v) is 4.43. The summed E-state index contributed by atoms with van der Waals surface area (Å²) >= 11 is 1.78. The fourth-order valence-corrected chi connectivity index (χ4v) is 3.41. The number of hydrogen-bond donors (Lipinski definition) is 0. The number of methoxy groups -OCH3 is 1. The van der Waals surface area contributed by atoms with E-state index < -0.39 is 0 Å². The maximum absolute atomic E-state index is 5.38. The molecule has 1 aromatic carbocycles. The van der Waals surface area contributed by atoms with Crippen LogP contribution in [0.25, 0.3) is 0 Å². The van der Waals surface area contributed by atoms with Gasteiger partial charge in [-0.25, -0.2) is 0 Å². The molecule has 2 heterocycles. The predicted octanol–water partition coefficient (Wildman–Crippen LogP) is 2.75. The number of amidine groups is 1. The molecular weight excluding hydrogens is 232 g/mol. The van der Waals surface area contributed by atoms with E-state index in [4.69, 9.17) is 4.74 Å². The lowest BCUT2D eigenvalue weighted by Gasteiger charge is -2.24. The predicted molar refractivity (Wildman–Crippen MR) is 70.8 cm³/mol. The highest BCUT2D eigenvalue weighted by Gasteiger charge is 2.22. The van der Waals surface area contributed by atoms with Crippen LogP contribution >= 0.6 is 11.8 Å². The highest BCUT2D eigenvalue weighted by Crippen LogP contribution is 2.36. The molecule has 17 heavy (non-hydrogen) atoms. The molecule has 4 heteroatoms. The second kappa shape index (κ2) is 4.61. The SMILES string of the molecule is COc1cccc2c1CN=C(N1CCCC1)S2. The van der Waals surface area contributed by atoms with E-state index >= 15 is 0 Å². The lowest BCUT2D eigenvalue weighted by molar-refractivity contribution is 0.408. The summed E-state index contributed by atoms with van der Waals surface area (Å²) in [7, 11) is 1.72. The average molecular weight is 248 g/mol. The number of benzene rings is 1. The van der Waals surface area contributed by atoms with Gasteiger partial charge in [0, 0.05) is 23.5 Å². The van der Waals surface area contributed by atoms with Gasteiger partial charge in [0.05, 0.1) is 13.7 Å². The molecule has 2 aliphatic heterocycles. The second-order valence-electron chi connectivity index (χ2n) is 4.33. The van der Waals surface area contributed by atoms with E-state index in [0.717, 1.165) is 25.4 Å². The Morgan fingerprint density at radius 2 is 2.12 bits per heavy atom. The average Bonchev–Trinajstić information content (AvgIpc) is 2.91. The molecule has 0 N–H and O–H groups in total. The normalized spacial score (nSPS) is 18.9. The standard InChI is InChI=1S/C13H16N2OS/c1-16-11-5-4-6-12-10(11)9-14-13(17-12)15-7-2-3-8-15/h4-6H,2-3,7-9H2,1H3. The molecule has 3 nitrogen and oxygen atoms in total. The summed E-state index contributed by atoms with van der Waals surface area (Å²) in [6.45, 7) is 3.06. The number of ether oxygens (including phenoxy) is 1. The summed E-state index contributed by atoms with van der Waals surface area (Å²) in [4.78, 5) is 8.38. The first-order valence-corrected chi connectivity index (χ1v) is 6.83. The Hall–Kier alpha value is -1.16. The van der Waals surface area contributed by atoms with Crippen molar-refractivity contribution < 1.29 is 4.74 Å².